The maximum Gasteiger partial charge on any atom is 0.322 e. The minimum atomic E-state index is -0.310. The Balaban J connectivity index is 1.98. The Morgan fingerprint density at radius 1 is 1.15 bits per heavy atom. The Labute approximate surface area is 159 Å². The number of benzene rings is 1. The van der Waals surface area contributed by atoms with Gasteiger partial charge in [0.25, 0.3) is 0 Å². The van der Waals surface area contributed by atoms with E-state index >= 15 is 0 Å². The van der Waals surface area contributed by atoms with E-state index < -0.39 is 0 Å². The summed E-state index contributed by atoms with van der Waals surface area (Å²) in [5.41, 5.74) is 2.88. The number of urea groups is 1. The summed E-state index contributed by atoms with van der Waals surface area (Å²) in [5, 5.41) is 13.2. The van der Waals surface area contributed by atoms with Gasteiger partial charge in [-0.15, -0.1) is 5.10 Å². The molecule has 0 saturated carbocycles. The summed E-state index contributed by atoms with van der Waals surface area (Å²) in [6.45, 7) is 8.06. The van der Waals surface area contributed by atoms with Gasteiger partial charge in [-0.3, -0.25) is 10.1 Å². The molecule has 0 aliphatic heterocycles. The Morgan fingerprint density at radius 2 is 1.85 bits per heavy atom. The first kappa shape index (κ1) is 20.2. The van der Waals surface area contributed by atoms with Gasteiger partial charge >= 0.3 is 6.03 Å². The summed E-state index contributed by atoms with van der Waals surface area (Å²) >= 11 is 0. The van der Waals surface area contributed by atoms with Crippen LogP contribution in [0.4, 0.5) is 22.0 Å². The molecule has 0 spiro atoms. The highest BCUT2D eigenvalue weighted by molar-refractivity contribution is 5.91. The minimum absolute atomic E-state index is 0.00205. The van der Waals surface area contributed by atoms with E-state index in [2.05, 4.69) is 45.8 Å². The number of anilines is 3. The van der Waals surface area contributed by atoms with Crippen molar-refractivity contribution in [2.45, 2.75) is 27.3 Å². The zero-order chi connectivity index (χ0) is 20.0. The van der Waals surface area contributed by atoms with Crippen molar-refractivity contribution in [3.8, 4) is 0 Å². The molecule has 9 nitrogen and oxygen atoms in total. The lowest BCUT2D eigenvalue weighted by atomic mass is 10.1. The van der Waals surface area contributed by atoms with Crippen molar-refractivity contribution in [3.63, 3.8) is 0 Å². The quantitative estimate of drug-likeness (QED) is 0.775. The highest BCUT2D eigenvalue weighted by Crippen LogP contribution is 2.22. The van der Waals surface area contributed by atoms with Gasteiger partial charge in [-0.25, -0.2) is 9.48 Å². The van der Waals surface area contributed by atoms with Crippen molar-refractivity contribution in [3.05, 3.63) is 30.0 Å². The summed E-state index contributed by atoms with van der Waals surface area (Å²) in [6, 6.07) is 5.66. The summed E-state index contributed by atoms with van der Waals surface area (Å²) in [7, 11) is 3.25. The van der Waals surface area contributed by atoms with Crippen molar-refractivity contribution >= 4 is 29.1 Å². The maximum atomic E-state index is 12.3. The Kier molecular flexibility index (Phi) is 6.75. The highest BCUT2D eigenvalue weighted by atomic mass is 16.2. The first-order valence-corrected chi connectivity index (χ1v) is 8.87. The van der Waals surface area contributed by atoms with Crippen molar-refractivity contribution in [2.75, 3.05) is 42.7 Å². The molecule has 1 aromatic heterocycles. The SMILES string of the molecule is CCN(CC)c1ccc(NC(=O)Cn2cc(NC(=O)N(C)C)nn2)c(C)c1. The van der Waals surface area contributed by atoms with Gasteiger partial charge in [0.05, 0.1) is 6.20 Å². The normalized spacial score (nSPS) is 10.4. The fourth-order valence-electron chi connectivity index (χ4n) is 2.56. The molecular formula is C18H27N7O2. The van der Waals surface area contributed by atoms with Crippen LogP contribution in [0, 0.1) is 6.92 Å². The lowest BCUT2D eigenvalue weighted by molar-refractivity contribution is -0.116. The van der Waals surface area contributed by atoms with E-state index in [1.54, 1.807) is 14.1 Å². The summed E-state index contributed by atoms with van der Waals surface area (Å²) in [5.74, 6) is 0.0744. The van der Waals surface area contributed by atoms with Crippen LogP contribution in [0.2, 0.25) is 0 Å². The van der Waals surface area contributed by atoms with Gasteiger partial charge < -0.3 is 15.1 Å². The van der Waals surface area contributed by atoms with Crippen molar-refractivity contribution in [1.82, 2.24) is 19.9 Å². The van der Waals surface area contributed by atoms with Crippen molar-refractivity contribution in [1.29, 1.82) is 0 Å². The van der Waals surface area contributed by atoms with Crippen LogP contribution >= 0.6 is 0 Å². The topological polar surface area (TPSA) is 95.4 Å². The molecule has 0 bridgehead atoms. The van der Waals surface area contributed by atoms with Crippen LogP contribution in [-0.4, -0.2) is 59.0 Å². The number of carbonyl (C=O) groups excluding carboxylic acids is 2. The molecule has 2 N–H and O–H groups in total. The predicted octanol–water partition coefficient (Wildman–Crippen LogP) is 2.16. The third-order valence-corrected chi connectivity index (χ3v) is 4.10. The summed E-state index contributed by atoms with van der Waals surface area (Å²) < 4.78 is 1.38. The molecule has 27 heavy (non-hydrogen) atoms. The molecule has 9 heteroatoms. The monoisotopic (exact) mass is 373 g/mol. The third kappa shape index (κ3) is 5.44. The molecule has 146 valence electrons. The van der Waals surface area contributed by atoms with Crippen LogP contribution in [0.3, 0.4) is 0 Å². The van der Waals surface area contributed by atoms with E-state index in [4.69, 9.17) is 0 Å². The third-order valence-electron chi connectivity index (χ3n) is 4.10. The van der Waals surface area contributed by atoms with Crippen LogP contribution in [-0.2, 0) is 11.3 Å². The average molecular weight is 373 g/mol. The Bertz CT molecular complexity index is 797. The zero-order valence-electron chi connectivity index (χ0n) is 16.5. The first-order chi connectivity index (χ1) is 12.8. The molecule has 1 aromatic carbocycles. The smallest absolute Gasteiger partial charge is 0.322 e. The van der Waals surface area contributed by atoms with E-state index in [-0.39, 0.29) is 18.5 Å². The Hall–Kier alpha value is -3.10. The van der Waals surface area contributed by atoms with Gasteiger partial charge in [0.2, 0.25) is 5.91 Å². The molecule has 0 fully saturated rings. The van der Waals surface area contributed by atoms with Crippen molar-refractivity contribution < 1.29 is 9.59 Å². The van der Waals surface area contributed by atoms with Crippen molar-refractivity contribution in [2.24, 2.45) is 0 Å². The van der Waals surface area contributed by atoms with Crippen LogP contribution < -0.4 is 15.5 Å². The number of amides is 3. The molecule has 0 radical (unpaired) electrons. The second-order valence-electron chi connectivity index (χ2n) is 6.35. The number of nitrogens with one attached hydrogen (secondary N) is 2. The van der Waals surface area contributed by atoms with Gasteiger partial charge in [-0.2, -0.15) is 0 Å². The van der Waals surface area contributed by atoms with Gasteiger partial charge in [-0.05, 0) is 44.5 Å². The van der Waals surface area contributed by atoms with Crippen LogP contribution in [0.15, 0.2) is 24.4 Å². The van der Waals surface area contributed by atoms with Gasteiger partial charge in [0.15, 0.2) is 5.82 Å². The number of aryl methyl sites for hydroxylation is 1. The zero-order valence-corrected chi connectivity index (χ0v) is 16.5. The molecule has 0 atom stereocenters. The summed E-state index contributed by atoms with van der Waals surface area (Å²) in [4.78, 5) is 27.5. The molecule has 2 rings (SSSR count). The second kappa shape index (κ2) is 9.02. The number of aromatic nitrogens is 3. The largest absolute Gasteiger partial charge is 0.372 e. The number of hydrogen-bond acceptors (Lipinski definition) is 5. The van der Waals surface area contributed by atoms with Crippen LogP contribution in [0.1, 0.15) is 19.4 Å². The average Bonchev–Trinajstić information content (AvgIpc) is 3.04. The number of carbonyl (C=O) groups is 2. The Morgan fingerprint density at radius 3 is 2.44 bits per heavy atom. The maximum absolute atomic E-state index is 12.3. The fraction of sp³-hybridized carbons (Fsp3) is 0.444. The minimum Gasteiger partial charge on any atom is -0.372 e. The highest BCUT2D eigenvalue weighted by Gasteiger charge is 2.11. The number of rotatable bonds is 7. The molecule has 0 saturated heterocycles. The van der Waals surface area contributed by atoms with E-state index in [0.29, 0.717) is 5.82 Å². The van der Waals surface area contributed by atoms with E-state index in [1.165, 1.54) is 15.8 Å². The lowest BCUT2D eigenvalue weighted by Crippen LogP contribution is -2.27. The van der Waals surface area contributed by atoms with E-state index in [9.17, 15) is 9.59 Å². The fourth-order valence-corrected chi connectivity index (χ4v) is 2.56. The molecule has 1 heterocycles. The summed E-state index contributed by atoms with van der Waals surface area (Å²) in [6.07, 6.45) is 1.51. The van der Waals surface area contributed by atoms with Gasteiger partial charge in [-0.1, -0.05) is 5.21 Å². The molecule has 0 aliphatic rings. The molecular weight excluding hydrogens is 346 g/mol. The second-order valence-corrected chi connectivity index (χ2v) is 6.35. The van der Waals surface area contributed by atoms with Crippen LogP contribution in [0.25, 0.3) is 0 Å². The first-order valence-electron chi connectivity index (χ1n) is 8.87. The molecule has 0 unspecified atom stereocenters. The predicted molar refractivity (Wildman–Crippen MR) is 106 cm³/mol. The van der Waals surface area contributed by atoms with E-state index in [1.807, 2.05) is 19.1 Å². The van der Waals surface area contributed by atoms with Crippen LogP contribution in [0.5, 0.6) is 0 Å². The molecule has 2 aromatic rings. The number of nitrogens with zero attached hydrogens (tertiary/aromatic N) is 5. The standard InChI is InChI=1S/C18H27N7O2/c1-6-24(7-2)14-8-9-15(13(3)10-14)19-17(26)12-25-11-16(21-22-25)20-18(27)23(4)5/h8-11H,6-7,12H2,1-5H3,(H,19,26)(H,20,27). The number of hydrogen-bond donors (Lipinski definition) is 2. The van der Waals surface area contributed by atoms with Gasteiger partial charge in [0.1, 0.15) is 6.54 Å². The van der Waals surface area contributed by atoms with E-state index in [0.717, 1.165) is 30.0 Å². The van der Waals surface area contributed by atoms with Gasteiger partial charge in [0, 0.05) is 38.6 Å². The lowest BCUT2D eigenvalue weighted by Gasteiger charge is -2.22. The molecule has 0 aliphatic carbocycles. The molecule has 3 amide bonds.